The van der Waals surface area contributed by atoms with Gasteiger partial charge in [-0.15, -0.1) is 0 Å². The van der Waals surface area contributed by atoms with Gasteiger partial charge in [0, 0.05) is 6.42 Å². The van der Waals surface area contributed by atoms with Crippen LogP contribution in [0.15, 0.2) is 30.3 Å². The monoisotopic (exact) mass is 245 g/mol. The van der Waals surface area contributed by atoms with E-state index >= 15 is 0 Å². The van der Waals surface area contributed by atoms with Crippen LogP contribution < -0.4 is 5.73 Å². The topological polar surface area (TPSA) is 43.1 Å². The molecule has 0 bridgehead atoms. The Hall–Kier alpha value is -1.15. The molecule has 0 atom stereocenters. The highest BCUT2D eigenvalue weighted by atomic mass is 16.1. The predicted octanol–water partition coefficient (Wildman–Crippen LogP) is 3.24. The zero-order valence-electron chi connectivity index (χ0n) is 11.0. The lowest BCUT2D eigenvalue weighted by Gasteiger charge is -2.31. The Morgan fingerprint density at radius 3 is 2.44 bits per heavy atom. The van der Waals surface area contributed by atoms with Gasteiger partial charge in [0.1, 0.15) is 0 Å². The van der Waals surface area contributed by atoms with Crippen molar-refractivity contribution in [1.29, 1.82) is 0 Å². The first-order valence-corrected chi connectivity index (χ1v) is 7.07. The molecule has 0 aliphatic heterocycles. The minimum absolute atomic E-state index is 0.276. The summed E-state index contributed by atoms with van der Waals surface area (Å²) in [4.78, 5) is 12.2. The standard InChI is InChI=1S/C16H23NO/c17-16(12-5-2-6-13-16)15(18)11-7-10-14-8-3-1-4-9-14/h1,3-4,8-9H,2,5-7,10-13,17H2. The molecule has 0 heterocycles. The largest absolute Gasteiger partial charge is 0.319 e. The lowest BCUT2D eigenvalue weighted by molar-refractivity contribution is -0.125. The Balaban J connectivity index is 1.78. The summed E-state index contributed by atoms with van der Waals surface area (Å²) in [5.41, 5.74) is 7.03. The van der Waals surface area contributed by atoms with E-state index in [1.54, 1.807) is 0 Å². The van der Waals surface area contributed by atoms with Crippen molar-refractivity contribution in [1.82, 2.24) is 0 Å². The van der Waals surface area contributed by atoms with Gasteiger partial charge in [0.25, 0.3) is 0 Å². The molecule has 2 heteroatoms. The van der Waals surface area contributed by atoms with Crippen LogP contribution in [0.3, 0.4) is 0 Å². The third-order valence-corrected chi connectivity index (χ3v) is 4.01. The molecule has 0 saturated heterocycles. The smallest absolute Gasteiger partial charge is 0.152 e. The minimum Gasteiger partial charge on any atom is -0.319 e. The van der Waals surface area contributed by atoms with Crippen LogP contribution in [0, 0.1) is 0 Å². The molecule has 1 fully saturated rings. The molecule has 18 heavy (non-hydrogen) atoms. The molecule has 1 saturated carbocycles. The number of benzene rings is 1. The fraction of sp³-hybridized carbons (Fsp3) is 0.562. The van der Waals surface area contributed by atoms with Crippen molar-refractivity contribution >= 4 is 5.78 Å². The van der Waals surface area contributed by atoms with Gasteiger partial charge in [0.2, 0.25) is 0 Å². The number of carbonyl (C=O) groups is 1. The van der Waals surface area contributed by atoms with E-state index in [-0.39, 0.29) is 5.78 Å². The van der Waals surface area contributed by atoms with Gasteiger partial charge in [0.15, 0.2) is 5.78 Å². The first-order chi connectivity index (χ1) is 8.71. The SMILES string of the molecule is NC1(C(=O)CCCc2ccccc2)CCCCC1. The highest BCUT2D eigenvalue weighted by Crippen LogP contribution is 2.28. The van der Waals surface area contributed by atoms with Crippen molar-refractivity contribution in [3.8, 4) is 0 Å². The molecule has 2 nitrogen and oxygen atoms in total. The highest BCUT2D eigenvalue weighted by Gasteiger charge is 2.34. The second-order valence-electron chi connectivity index (χ2n) is 5.48. The fourth-order valence-corrected chi connectivity index (χ4v) is 2.81. The van der Waals surface area contributed by atoms with Gasteiger partial charge in [-0.25, -0.2) is 0 Å². The second kappa shape index (κ2) is 6.14. The number of ketones is 1. The van der Waals surface area contributed by atoms with Crippen LogP contribution in [0.2, 0.25) is 0 Å². The summed E-state index contributed by atoms with van der Waals surface area (Å²) < 4.78 is 0. The first kappa shape index (κ1) is 13.3. The van der Waals surface area contributed by atoms with E-state index < -0.39 is 5.54 Å². The summed E-state index contributed by atoms with van der Waals surface area (Å²) in [7, 11) is 0. The molecule has 2 N–H and O–H groups in total. The van der Waals surface area contributed by atoms with E-state index in [9.17, 15) is 4.79 Å². The van der Waals surface area contributed by atoms with Crippen molar-refractivity contribution in [3.05, 3.63) is 35.9 Å². The first-order valence-electron chi connectivity index (χ1n) is 7.07. The maximum absolute atomic E-state index is 12.2. The van der Waals surface area contributed by atoms with Crippen LogP contribution in [0.4, 0.5) is 0 Å². The Morgan fingerprint density at radius 1 is 1.11 bits per heavy atom. The van der Waals surface area contributed by atoms with Crippen LogP contribution in [0.25, 0.3) is 0 Å². The molecular formula is C16H23NO. The number of rotatable bonds is 5. The Morgan fingerprint density at radius 2 is 1.78 bits per heavy atom. The molecular weight excluding hydrogens is 222 g/mol. The third kappa shape index (κ3) is 3.42. The van der Waals surface area contributed by atoms with Crippen LogP contribution in [-0.2, 0) is 11.2 Å². The minimum atomic E-state index is -0.505. The van der Waals surface area contributed by atoms with Crippen molar-refractivity contribution in [2.75, 3.05) is 0 Å². The molecule has 2 rings (SSSR count). The molecule has 0 radical (unpaired) electrons. The zero-order chi connectivity index (χ0) is 12.8. The van der Waals surface area contributed by atoms with Gasteiger partial charge >= 0.3 is 0 Å². The molecule has 1 aromatic carbocycles. The Kier molecular flexibility index (Phi) is 4.54. The lowest BCUT2D eigenvalue weighted by atomic mass is 9.78. The lowest BCUT2D eigenvalue weighted by Crippen LogP contribution is -2.49. The van der Waals surface area contributed by atoms with Crippen molar-refractivity contribution < 1.29 is 4.79 Å². The molecule has 0 spiro atoms. The average Bonchev–Trinajstić information content (AvgIpc) is 2.41. The number of hydrogen-bond donors (Lipinski definition) is 1. The zero-order valence-corrected chi connectivity index (χ0v) is 11.0. The van der Waals surface area contributed by atoms with Crippen LogP contribution in [-0.4, -0.2) is 11.3 Å². The molecule has 0 aromatic heterocycles. The molecule has 0 amide bonds. The molecule has 0 unspecified atom stereocenters. The van der Waals surface area contributed by atoms with Crippen LogP contribution in [0.1, 0.15) is 50.5 Å². The summed E-state index contributed by atoms with van der Waals surface area (Å²) in [6, 6.07) is 10.3. The maximum Gasteiger partial charge on any atom is 0.152 e. The average molecular weight is 245 g/mol. The van der Waals surface area contributed by atoms with Crippen molar-refractivity contribution in [3.63, 3.8) is 0 Å². The predicted molar refractivity (Wildman–Crippen MR) is 74.4 cm³/mol. The van der Waals surface area contributed by atoms with Gasteiger partial charge in [0.05, 0.1) is 5.54 Å². The number of Topliss-reactive ketones (excluding diaryl/α,β-unsaturated/α-hetero) is 1. The summed E-state index contributed by atoms with van der Waals surface area (Å²) in [6.45, 7) is 0. The van der Waals surface area contributed by atoms with Crippen LogP contribution >= 0.6 is 0 Å². The fourth-order valence-electron chi connectivity index (χ4n) is 2.81. The molecule has 1 aliphatic rings. The van der Waals surface area contributed by atoms with Crippen molar-refractivity contribution in [2.45, 2.75) is 56.9 Å². The van der Waals surface area contributed by atoms with Gasteiger partial charge in [-0.3, -0.25) is 4.79 Å². The van der Waals surface area contributed by atoms with Gasteiger partial charge < -0.3 is 5.73 Å². The van der Waals surface area contributed by atoms with E-state index in [1.165, 1.54) is 12.0 Å². The summed E-state index contributed by atoms with van der Waals surface area (Å²) in [5, 5.41) is 0. The van der Waals surface area contributed by atoms with E-state index in [1.807, 2.05) is 18.2 Å². The Labute approximate surface area is 110 Å². The van der Waals surface area contributed by atoms with Gasteiger partial charge in [-0.1, -0.05) is 49.6 Å². The number of aryl methyl sites for hydroxylation is 1. The summed E-state index contributed by atoms with van der Waals surface area (Å²) >= 11 is 0. The maximum atomic E-state index is 12.2. The normalized spacial score (nSPS) is 18.5. The molecule has 98 valence electrons. The van der Waals surface area contributed by atoms with Gasteiger partial charge in [-0.2, -0.15) is 0 Å². The van der Waals surface area contributed by atoms with E-state index in [0.29, 0.717) is 6.42 Å². The number of carbonyl (C=O) groups excluding carboxylic acids is 1. The number of nitrogens with two attached hydrogens (primary N) is 1. The quantitative estimate of drug-likeness (QED) is 0.865. The summed E-state index contributed by atoms with van der Waals surface area (Å²) in [6.07, 6.45) is 7.75. The van der Waals surface area contributed by atoms with E-state index in [2.05, 4.69) is 12.1 Å². The van der Waals surface area contributed by atoms with Crippen molar-refractivity contribution in [2.24, 2.45) is 5.73 Å². The van der Waals surface area contributed by atoms with Crippen LogP contribution in [0.5, 0.6) is 0 Å². The Bertz CT molecular complexity index is 379. The highest BCUT2D eigenvalue weighted by molar-refractivity contribution is 5.88. The van der Waals surface area contributed by atoms with E-state index in [0.717, 1.165) is 38.5 Å². The molecule has 1 aliphatic carbocycles. The third-order valence-electron chi connectivity index (χ3n) is 4.01. The summed E-state index contributed by atoms with van der Waals surface area (Å²) in [5.74, 6) is 0.276. The van der Waals surface area contributed by atoms with Gasteiger partial charge in [-0.05, 0) is 31.2 Å². The van der Waals surface area contributed by atoms with E-state index in [4.69, 9.17) is 5.73 Å². The molecule has 1 aromatic rings. The second-order valence-corrected chi connectivity index (χ2v) is 5.48. The number of hydrogen-bond acceptors (Lipinski definition) is 2.